The van der Waals surface area contributed by atoms with Crippen molar-refractivity contribution in [3.05, 3.63) is 35.9 Å². The van der Waals surface area contributed by atoms with Crippen LogP contribution in [0.5, 0.6) is 5.75 Å². The summed E-state index contributed by atoms with van der Waals surface area (Å²) in [5.41, 5.74) is 1.60. The average Bonchev–Trinajstić information content (AvgIpc) is 2.43. The van der Waals surface area contributed by atoms with Gasteiger partial charge in [-0.05, 0) is 35.0 Å². The number of nitrogens with zero attached hydrogens (tertiary/aromatic N) is 1. The lowest BCUT2D eigenvalue weighted by molar-refractivity contribution is 0.112. The van der Waals surface area contributed by atoms with Crippen molar-refractivity contribution in [2.24, 2.45) is 0 Å². The normalized spacial score (nSPS) is 9.63. The zero-order valence-corrected chi connectivity index (χ0v) is 11.2. The van der Waals surface area contributed by atoms with Crippen LogP contribution in [0.1, 0.15) is 17.3 Å². The summed E-state index contributed by atoms with van der Waals surface area (Å²) >= 11 is 0. The van der Waals surface area contributed by atoms with E-state index in [4.69, 9.17) is 4.74 Å². The summed E-state index contributed by atoms with van der Waals surface area (Å²) in [6.07, 6.45) is 3.31. The molecule has 0 amide bonds. The van der Waals surface area contributed by atoms with E-state index in [0.717, 1.165) is 22.7 Å². The van der Waals surface area contributed by atoms with Crippen LogP contribution in [0.25, 0.3) is 10.8 Å². The van der Waals surface area contributed by atoms with Gasteiger partial charge in [0.1, 0.15) is 6.11 Å². The molecule has 0 saturated carbocycles. The van der Waals surface area contributed by atoms with E-state index in [9.17, 15) is 4.79 Å². The number of carbonyl (C=O) groups excluding carboxylic acids is 1. The summed E-state index contributed by atoms with van der Waals surface area (Å²) in [4.78, 5) is 13.1. The number of hydrogen-bond donors (Lipinski definition) is 0. The van der Waals surface area contributed by atoms with Crippen molar-refractivity contribution in [2.75, 3.05) is 19.0 Å². The Bertz CT molecular complexity index is 678. The fraction of sp³-hybridized carbons (Fsp3) is 0.188. The molecule has 0 spiro atoms. The summed E-state index contributed by atoms with van der Waals surface area (Å²) in [7, 11) is 3.97. The maximum absolute atomic E-state index is 11.1. The smallest absolute Gasteiger partial charge is 0.153 e. The molecule has 0 heterocycles. The van der Waals surface area contributed by atoms with E-state index in [1.54, 1.807) is 6.92 Å². The molecular formula is C16H15NO2. The van der Waals surface area contributed by atoms with Crippen LogP contribution in [0.2, 0.25) is 0 Å². The van der Waals surface area contributed by atoms with Crippen molar-refractivity contribution >= 4 is 22.7 Å². The zero-order chi connectivity index (χ0) is 13.8. The van der Waals surface area contributed by atoms with Gasteiger partial charge in [0.2, 0.25) is 0 Å². The van der Waals surface area contributed by atoms with Gasteiger partial charge in [-0.15, -0.1) is 0 Å². The molecule has 19 heavy (non-hydrogen) atoms. The topological polar surface area (TPSA) is 29.5 Å². The summed E-state index contributed by atoms with van der Waals surface area (Å²) < 4.78 is 5.28. The van der Waals surface area contributed by atoms with Gasteiger partial charge in [0.15, 0.2) is 12.0 Å². The quantitative estimate of drug-likeness (QED) is 0.622. The van der Waals surface area contributed by atoms with Gasteiger partial charge in [0, 0.05) is 26.7 Å². The minimum atomic E-state index is 0.493. The van der Waals surface area contributed by atoms with E-state index in [1.807, 2.05) is 43.3 Å². The molecule has 0 aliphatic carbocycles. The summed E-state index contributed by atoms with van der Waals surface area (Å²) in [6, 6.07) is 9.72. The number of rotatable bonds is 3. The summed E-state index contributed by atoms with van der Waals surface area (Å²) in [5.74, 6) is 3.14. The largest absolute Gasteiger partial charge is 0.407 e. The Labute approximate surface area is 112 Å². The first-order valence-electron chi connectivity index (χ1n) is 5.94. The Balaban J connectivity index is 2.60. The van der Waals surface area contributed by atoms with Crippen molar-refractivity contribution < 1.29 is 9.53 Å². The van der Waals surface area contributed by atoms with Gasteiger partial charge >= 0.3 is 0 Å². The maximum atomic E-state index is 11.1. The van der Waals surface area contributed by atoms with Gasteiger partial charge in [-0.2, -0.15) is 0 Å². The second-order valence-corrected chi connectivity index (χ2v) is 4.39. The van der Waals surface area contributed by atoms with Gasteiger partial charge in [-0.3, -0.25) is 4.79 Å². The third kappa shape index (κ3) is 2.69. The number of hydrogen-bond acceptors (Lipinski definition) is 3. The van der Waals surface area contributed by atoms with Crippen molar-refractivity contribution in [3.8, 4) is 17.8 Å². The van der Waals surface area contributed by atoms with Crippen LogP contribution in [0.15, 0.2) is 30.3 Å². The van der Waals surface area contributed by atoms with Gasteiger partial charge in [0.05, 0.1) is 5.56 Å². The molecule has 3 heteroatoms. The first-order chi connectivity index (χ1) is 9.15. The monoisotopic (exact) mass is 253 g/mol. The molecule has 0 bridgehead atoms. The predicted octanol–water partition coefficient (Wildman–Crippen LogP) is 3.08. The SMILES string of the molecule is CC#COc1cc2cc(N(C)C)ccc2cc1C=O. The maximum Gasteiger partial charge on any atom is 0.153 e. The molecule has 2 aromatic carbocycles. The highest BCUT2D eigenvalue weighted by atomic mass is 16.5. The van der Waals surface area contributed by atoms with Crippen LogP contribution in [0.4, 0.5) is 5.69 Å². The highest BCUT2D eigenvalue weighted by Gasteiger charge is 2.06. The van der Waals surface area contributed by atoms with E-state index >= 15 is 0 Å². The molecule has 2 rings (SSSR count). The lowest BCUT2D eigenvalue weighted by Crippen LogP contribution is -2.08. The van der Waals surface area contributed by atoms with E-state index in [0.29, 0.717) is 11.3 Å². The molecule has 0 saturated heterocycles. The summed E-state index contributed by atoms with van der Waals surface area (Å²) in [5, 5.41) is 2.02. The lowest BCUT2D eigenvalue weighted by Gasteiger charge is -2.13. The summed E-state index contributed by atoms with van der Waals surface area (Å²) in [6.45, 7) is 1.69. The van der Waals surface area contributed by atoms with Crippen LogP contribution in [-0.2, 0) is 0 Å². The van der Waals surface area contributed by atoms with E-state index in [2.05, 4.69) is 18.1 Å². The molecule has 3 nitrogen and oxygen atoms in total. The van der Waals surface area contributed by atoms with Crippen LogP contribution in [-0.4, -0.2) is 20.4 Å². The first kappa shape index (κ1) is 13.0. The lowest BCUT2D eigenvalue weighted by atomic mass is 10.1. The van der Waals surface area contributed by atoms with Gasteiger partial charge in [-0.1, -0.05) is 12.0 Å². The minimum Gasteiger partial charge on any atom is -0.407 e. The molecular weight excluding hydrogens is 238 g/mol. The molecule has 0 fully saturated rings. The van der Waals surface area contributed by atoms with Gasteiger partial charge in [0.25, 0.3) is 0 Å². The average molecular weight is 253 g/mol. The Kier molecular flexibility index (Phi) is 3.72. The molecule has 0 aliphatic heterocycles. The van der Waals surface area contributed by atoms with Crippen molar-refractivity contribution in [1.82, 2.24) is 0 Å². The van der Waals surface area contributed by atoms with E-state index < -0.39 is 0 Å². The van der Waals surface area contributed by atoms with E-state index in [1.165, 1.54) is 0 Å². The third-order valence-electron chi connectivity index (χ3n) is 2.86. The molecule has 0 atom stereocenters. The van der Waals surface area contributed by atoms with Crippen molar-refractivity contribution in [1.29, 1.82) is 0 Å². The molecule has 0 unspecified atom stereocenters. The first-order valence-corrected chi connectivity index (χ1v) is 5.94. The van der Waals surface area contributed by atoms with Crippen molar-refractivity contribution in [2.45, 2.75) is 6.92 Å². The molecule has 2 aromatic rings. The van der Waals surface area contributed by atoms with Crippen LogP contribution in [0, 0.1) is 12.0 Å². The molecule has 0 aliphatic rings. The number of ether oxygens (including phenoxy) is 1. The zero-order valence-electron chi connectivity index (χ0n) is 11.2. The molecule has 96 valence electrons. The molecule has 0 N–H and O–H groups in total. The Morgan fingerprint density at radius 1 is 1.16 bits per heavy atom. The molecule has 0 radical (unpaired) electrons. The Morgan fingerprint density at radius 3 is 2.58 bits per heavy atom. The van der Waals surface area contributed by atoms with Crippen LogP contribution >= 0.6 is 0 Å². The third-order valence-corrected chi connectivity index (χ3v) is 2.86. The number of carbonyl (C=O) groups is 1. The van der Waals surface area contributed by atoms with E-state index in [-0.39, 0.29) is 0 Å². The Hall–Kier alpha value is -2.47. The molecule has 0 aromatic heterocycles. The highest BCUT2D eigenvalue weighted by Crippen LogP contribution is 2.27. The van der Waals surface area contributed by atoms with Gasteiger partial charge in [-0.25, -0.2) is 0 Å². The number of benzene rings is 2. The Morgan fingerprint density at radius 2 is 1.95 bits per heavy atom. The second-order valence-electron chi connectivity index (χ2n) is 4.39. The second kappa shape index (κ2) is 5.45. The van der Waals surface area contributed by atoms with Crippen LogP contribution in [0.3, 0.4) is 0 Å². The predicted molar refractivity (Wildman–Crippen MR) is 77.7 cm³/mol. The standard InChI is InChI=1S/C16H15NO2/c1-4-7-19-16-10-13-9-15(17(2)3)6-5-12(13)8-14(16)11-18/h5-6,8-11H,1-3H3. The number of aldehydes is 1. The number of anilines is 1. The van der Waals surface area contributed by atoms with Crippen molar-refractivity contribution in [3.63, 3.8) is 0 Å². The van der Waals surface area contributed by atoms with Crippen LogP contribution < -0.4 is 9.64 Å². The fourth-order valence-corrected chi connectivity index (χ4v) is 1.85. The minimum absolute atomic E-state index is 0.493. The highest BCUT2D eigenvalue weighted by molar-refractivity contribution is 5.93. The van der Waals surface area contributed by atoms with Gasteiger partial charge < -0.3 is 9.64 Å². The fourth-order valence-electron chi connectivity index (χ4n) is 1.85. The number of fused-ring (bicyclic) bond motifs is 1.